The van der Waals surface area contributed by atoms with E-state index in [0.717, 1.165) is 22.3 Å². The molecule has 0 aliphatic heterocycles. The number of hydrogen-bond acceptors (Lipinski definition) is 4. The SMILES string of the molecule is COc1cc(CCP(=O)(O)O)cc(OC)c1Cc1ccc(O)c(C(C)C)c1. The number of aryl methyl sites for hydroxylation is 1. The third-order valence-electron chi connectivity index (χ3n) is 4.45. The van der Waals surface area contributed by atoms with Crippen molar-refractivity contribution in [3.63, 3.8) is 0 Å². The molecule has 2 aromatic carbocycles. The Kier molecular flexibility index (Phi) is 6.93. The van der Waals surface area contributed by atoms with Gasteiger partial charge in [-0.05, 0) is 47.2 Å². The van der Waals surface area contributed by atoms with Crippen molar-refractivity contribution in [2.45, 2.75) is 32.6 Å². The third-order valence-corrected chi connectivity index (χ3v) is 5.26. The highest BCUT2D eigenvalue weighted by Crippen LogP contribution is 2.38. The van der Waals surface area contributed by atoms with Crippen LogP contribution in [0, 0.1) is 0 Å². The maximum atomic E-state index is 11.1. The first-order valence-electron chi connectivity index (χ1n) is 8.74. The highest BCUT2D eigenvalue weighted by atomic mass is 31.2. The lowest BCUT2D eigenvalue weighted by Gasteiger charge is -2.17. The fourth-order valence-electron chi connectivity index (χ4n) is 3.01. The van der Waals surface area contributed by atoms with Gasteiger partial charge < -0.3 is 24.4 Å². The molecule has 0 heterocycles. The van der Waals surface area contributed by atoms with Gasteiger partial charge in [0.15, 0.2) is 0 Å². The van der Waals surface area contributed by atoms with Gasteiger partial charge in [-0.15, -0.1) is 0 Å². The molecule has 148 valence electrons. The summed E-state index contributed by atoms with van der Waals surface area (Å²) in [7, 11) is -0.956. The van der Waals surface area contributed by atoms with Crippen LogP contribution in [0.2, 0.25) is 0 Å². The van der Waals surface area contributed by atoms with Gasteiger partial charge >= 0.3 is 7.60 Å². The molecule has 3 N–H and O–H groups in total. The maximum absolute atomic E-state index is 11.1. The Hall–Kier alpha value is -2.01. The number of rotatable bonds is 8. The van der Waals surface area contributed by atoms with Gasteiger partial charge in [0.1, 0.15) is 17.2 Å². The molecule has 0 unspecified atom stereocenters. The van der Waals surface area contributed by atoms with Crippen molar-refractivity contribution in [1.29, 1.82) is 0 Å². The van der Waals surface area contributed by atoms with Crippen molar-refractivity contribution in [3.05, 3.63) is 52.6 Å². The first-order valence-corrected chi connectivity index (χ1v) is 10.5. The lowest BCUT2D eigenvalue weighted by atomic mass is 9.95. The largest absolute Gasteiger partial charge is 0.508 e. The van der Waals surface area contributed by atoms with Crippen molar-refractivity contribution >= 4 is 7.60 Å². The number of aromatic hydroxyl groups is 1. The number of benzene rings is 2. The fraction of sp³-hybridized carbons (Fsp3) is 0.400. The van der Waals surface area contributed by atoms with E-state index >= 15 is 0 Å². The smallest absolute Gasteiger partial charge is 0.325 e. The summed E-state index contributed by atoms with van der Waals surface area (Å²) in [5, 5.41) is 10.0. The number of ether oxygens (including phenoxy) is 2. The molecule has 0 aromatic heterocycles. The zero-order valence-electron chi connectivity index (χ0n) is 16.1. The van der Waals surface area contributed by atoms with Gasteiger partial charge in [0.2, 0.25) is 0 Å². The highest BCUT2D eigenvalue weighted by Gasteiger charge is 2.17. The summed E-state index contributed by atoms with van der Waals surface area (Å²) in [6.45, 7) is 4.05. The average Bonchev–Trinajstić information content (AvgIpc) is 2.61. The molecule has 7 heteroatoms. The van der Waals surface area contributed by atoms with Crippen LogP contribution < -0.4 is 9.47 Å². The van der Waals surface area contributed by atoms with Crippen molar-refractivity contribution in [1.82, 2.24) is 0 Å². The molecule has 0 aliphatic rings. The molecule has 2 aromatic rings. The number of hydrogen-bond donors (Lipinski definition) is 3. The minimum Gasteiger partial charge on any atom is -0.508 e. The normalized spacial score (nSPS) is 11.7. The summed E-state index contributed by atoms with van der Waals surface area (Å²) in [5.74, 6) is 1.69. The van der Waals surface area contributed by atoms with Gasteiger partial charge in [-0.25, -0.2) is 0 Å². The van der Waals surface area contributed by atoms with Crippen molar-refractivity contribution < 1.29 is 28.9 Å². The molecule has 0 spiro atoms. The molecule has 0 radical (unpaired) electrons. The Morgan fingerprint density at radius 1 is 1.00 bits per heavy atom. The van der Waals surface area contributed by atoms with Crippen molar-refractivity contribution in [2.24, 2.45) is 0 Å². The molecule has 27 heavy (non-hydrogen) atoms. The van der Waals surface area contributed by atoms with Gasteiger partial charge in [0, 0.05) is 12.0 Å². The monoisotopic (exact) mass is 394 g/mol. The second-order valence-corrected chi connectivity index (χ2v) is 8.62. The zero-order chi connectivity index (χ0) is 20.2. The standard InChI is InChI=1S/C20H27O6P/c1-13(2)16-9-14(5-6-18(16)21)10-17-19(25-3)11-15(12-20(17)26-4)7-8-27(22,23)24/h5-6,9,11-13,21H,7-8,10H2,1-4H3,(H2,22,23,24). The van der Waals surface area contributed by atoms with Gasteiger partial charge in [-0.2, -0.15) is 0 Å². The van der Waals surface area contributed by atoms with E-state index < -0.39 is 7.60 Å². The lowest BCUT2D eigenvalue weighted by molar-refractivity contribution is 0.372. The van der Waals surface area contributed by atoms with E-state index in [9.17, 15) is 9.67 Å². The van der Waals surface area contributed by atoms with Crippen LogP contribution in [0.1, 0.15) is 42.0 Å². The van der Waals surface area contributed by atoms with Gasteiger partial charge in [0.05, 0.1) is 20.4 Å². The Bertz CT molecular complexity index is 815. The minimum absolute atomic E-state index is 0.198. The molecule has 0 fully saturated rings. The minimum atomic E-state index is -4.07. The Morgan fingerprint density at radius 2 is 1.59 bits per heavy atom. The number of methoxy groups -OCH3 is 2. The average molecular weight is 394 g/mol. The van der Waals surface area contributed by atoms with Crippen LogP contribution in [0.15, 0.2) is 30.3 Å². The quantitative estimate of drug-likeness (QED) is 0.589. The van der Waals surface area contributed by atoms with E-state index in [1.165, 1.54) is 0 Å². The molecule has 2 rings (SSSR count). The topological polar surface area (TPSA) is 96.2 Å². The van der Waals surface area contributed by atoms with E-state index in [0.29, 0.717) is 17.9 Å². The molecular weight excluding hydrogens is 367 g/mol. The van der Waals surface area contributed by atoms with Gasteiger partial charge in [-0.1, -0.05) is 26.0 Å². The number of phenols is 1. The van der Waals surface area contributed by atoms with Crippen LogP contribution in [0.4, 0.5) is 0 Å². The Morgan fingerprint density at radius 3 is 2.07 bits per heavy atom. The summed E-state index contributed by atoms with van der Waals surface area (Å²) in [5.41, 5.74) is 3.48. The maximum Gasteiger partial charge on any atom is 0.325 e. The predicted octanol–water partition coefficient (Wildman–Crippen LogP) is 3.84. The molecule has 0 atom stereocenters. The second kappa shape index (κ2) is 8.79. The second-order valence-electron chi connectivity index (χ2n) is 6.84. The summed E-state index contributed by atoms with van der Waals surface area (Å²) in [6, 6.07) is 9.11. The van der Waals surface area contributed by atoms with Crippen LogP contribution in [-0.2, 0) is 17.4 Å². The molecule has 0 saturated carbocycles. The molecule has 6 nitrogen and oxygen atoms in total. The van der Waals surface area contributed by atoms with E-state index in [1.807, 2.05) is 26.0 Å². The van der Waals surface area contributed by atoms with Crippen LogP contribution in [-0.4, -0.2) is 35.3 Å². The van der Waals surface area contributed by atoms with Crippen LogP contribution in [0.3, 0.4) is 0 Å². The van der Waals surface area contributed by atoms with E-state index in [-0.39, 0.29) is 24.3 Å². The molecule has 0 amide bonds. The highest BCUT2D eigenvalue weighted by molar-refractivity contribution is 7.51. The lowest BCUT2D eigenvalue weighted by Crippen LogP contribution is -2.02. The van der Waals surface area contributed by atoms with Crippen LogP contribution in [0.25, 0.3) is 0 Å². The van der Waals surface area contributed by atoms with E-state index in [1.54, 1.807) is 32.4 Å². The Labute approximate surface area is 159 Å². The van der Waals surface area contributed by atoms with Gasteiger partial charge in [0.25, 0.3) is 0 Å². The molecule has 0 bridgehead atoms. The van der Waals surface area contributed by atoms with Crippen LogP contribution in [0.5, 0.6) is 17.2 Å². The van der Waals surface area contributed by atoms with Gasteiger partial charge in [-0.3, -0.25) is 4.57 Å². The summed E-state index contributed by atoms with van der Waals surface area (Å²) >= 11 is 0. The molecule has 0 saturated heterocycles. The zero-order valence-corrected chi connectivity index (χ0v) is 17.0. The van der Waals surface area contributed by atoms with Crippen LogP contribution >= 0.6 is 7.60 Å². The Balaban J connectivity index is 2.38. The van der Waals surface area contributed by atoms with Crippen molar-refractivity contribution in [2.75, 3.05) is 20.4 Å². The predicted molar refractivity (Wildman–Crippen MR) is 105 cm³/mol. The van der Waals surface area contributed by atoms with E-state index in [4.69, 9.17) is 19.3 Å². The fourth-order valence-corrected chi connectivity index (χ4v) is 3.56. The van der Waals surface area contributed by atoms with E-state index in [2.05, 4.69) is 0 Å². The number of phenolic OH excluding ortho intramolecular Hbond substituents is 1. The summed E-state index contributed by atoms with van der Waals surface area (Å²) < 4.78 is 22.2. The first kappa shape index (κ1) is 21.3. The molecular formula is C20H27O6P. The molecule has 0 aliphatic carbocycles. The summed E-state index contributed by atoms with van der Waals surface area (Å²) in [4.78, 5) is 18.2. The first-order chi connectivity index (χ1) is 12.6. The third kappa shape index (κ3) is 5.73. The van der Waals surface area contributed by atoms with Crippen molar-refractivity contribution in [3.8, 4) is 17.2 Å². The summed E-state index contributed by atoms with van der Waals surface area (Å²) in [6.07, 6.45) is 0.549.